The molecular weight excluding hydrogens is 277 g/mol. The van der Waals surface area contributed by atoms with Crippen molar-refractivity contribution in [3.8, 4) is 0 Å². The Labute approximate surface area is 120 Å². The number of rotatable bonds is 3. The number of nitrogens with zero attached hydrogens (tertiary/aromatic N) is 2. The molecule has 102 valence electrons. The summed E-state index contributed by atoms with van der Waals surface area (Å²) in [6.45, 7) is 0.708. The molecule has 0 aliphatic carbocycles. The van der Waals surface area contributed by atoms with Crippen LogP contribution >= 0.6 is 11.6 Å². The van der Waals surface area contributed by atoms with Crippen molar-refractivity contribution >= 4 is 22.5 Å². The van der Waals surface area contributed by atoms with E-state index < -0.39 is 0 Å². The van der Waals surface area contributed by atoms with E-state index in [1.54, 1.807) is 16.8 Å². The monoisotopic (exact) mass is 289 g/mol. The van der Waals surface area contributed by atoms with E-state index in [9.17, 15) is 4.39 Å². The van der Waals surface area contributed by atoms with Crippen LogP contribution in [0.4, 0.5) is 4.39 Å². The fraction of sp³-hybridized carbons (Fsp3) is 0.133. The van der Waals surface area contributed by atoms with E-state index in [1.807, 2.05) is 24.3 Å². The number of aromatic nitrogens is 2. The lowest BCUT2D eigenvalue weighted by molar-refractivity contribution is 0.588. The Bertz CT molecular complexity index is 767. The van der Waals surface area contributed by atoms with E-state index in [-0.39, 0.29) is 5.82 Å². The predicted molar refractivity (Wildman–Crippen MR) is 78.1 cm³/mol. The van der Waals surface area contributed by atoms with Crippen molar-refractivity contribution in [1.82, 2.24) is 9.78 Å². The van der Waals surface area contributed by atoms with Crippen LogP contribution in [0.15, 0.2) is 42.5 Å². The van der Waals surface area contributed by atoms with Crippen molar-refractivity contribution in [2.75, 3.05) is 0 Å². The van der Waals surface area contributed by atoms with Gasteiger partial charge in [-0.2, -0.15) is 5.10 Å². The molecule has 0 amide bonds. The Kier molecular flexibility index (Phi) is 3.42. The molecule has 0 atom stereocenters. The van der Waals surface area contributed by atoms with E-state index in [1.165, 1.54) is 6.07 Å². The van der Waals surface area contributed by atoms with Crippen molar-refractivity contribution in [3.63, 3.8) is 0 Å². The zero-order chi connectivity index (χ0) is 14.1. The van der Waals surface area contributed by atoms with Crippen LogP contribution in [0.3, 0.4) is 0 Å². The van der Waals surface area contributed by atoms with Crippen molar-refractivity contribution in [1.29, 1.82) is 0 Å². The highest BCUT2D eigenvalue weighted by molar-refractivity contribution is 6.30. The second-order valence-electron chi connectivity index (χ2n) is 4.56. The van der Waals surface area contributed by atoms with E-state index in [0.717, 1.165) is 16.6 Å². The fourth-order valence-corrected chi connectivity index (χ4v) is 2.44. The van der Waals surface area contributed by atoms with E-state index in [4.69, 9.17) is 17.3 Å². The first-order valence-electron chi connectivity index (χ1n) is 6.27. The number of hydrogen-bond acceptors (Lipinski definition) is 2. The second-order valence-corrected chi connectivity index (χ2v) is 5.00. The van der Waals surface area contributed by atoms with Crippen LogP contribution in [0, 0.1) is 5.82 Å². The van der Waals surface area contributed by atoms with Gasteiger partial charge in [0.2, 0.25) is 0 Å². The van der Waals surface area contributed by atoms with Crippen molar-refractivity contribution < 1.29 is 4.39 Å². The molecule has 5 heteroatoms. The van der Waals surface area contributed by atoms with Gasteiger partial charge in [0, 0.05) is 22.5 Å². The smallest absolute Gasteiger partial charge is 0.129 e. The number of para-hydroxylation sites is 1. The van der Waals surface area contributed by atoms with Crippen LogP contribution < -0.4 is 5.73 Å². The van der Waals surface area contributed by atoms with E-state index in [0.29, 0.717) is 23.7 Å². The summed E-state index contributed by atoms with van der Waals surface area (Å²) in [5.41, 5.74) is 8.01. The van der Waals surface area contributed by atoms with Gasteiger partial charge in [0.25, 0.3) is 0 Å². The maximum absolute atomic E-state index is 13.9. The highest BCUT2D eigenvalue weighted by Crippen LogP contribution is 2.21. The van der Waals surface area contributed by atoms with Gasteiger partial charge in [0.15, 0.2) is 0 Å². The zero-order valence-corrected chi connectivity index (χ0v) is 11.4. The molecule has 0 saturated heterocycles. The third-order valence-electron chi connectivity index (χ3n) is 3.26. The number of benzene rings is 2. The van der Waals surface area contributed by atoms with Crippen molar-refractivity contribution in [3.05, 3.63) is 64.6 Å². The van der Waals surface area contributed by atoms with Gasteiger partial charge in [-0.25, -0.2) is 4.39 Å². The molecule has 0 spiro atoms. The highest BCUT2D eigenvalue weighted by atomic mass is 35.5. The van der Waals surface area contributed by atoms with Gasteiger partial charge in [-0.15, -0.1) is 0 Å². The summed E-state index contributed by atoms with van der Waals surface area (Å²) in [6, 6.07) is 12.5. The zero-order valence-electron chi connectivity index (χ0n) is 10.7. The summed E-state index contributed by atoms with van der Waals surface area (Å²) >= 11 is 5.76. The van der Waals surface area contributed by atoms with Crippen molar-refractivity contribution in [2.24, 2.45) is 5.73 Å². The maximum atomic E-state index is 13.9. The SMILES string of the molecule is NCc1nn(Cc2ccc(Cl)cc2F)c2ccccc12. The first-order chi connectivity index (χ1) is 9.69. The van der Waals surface area contributed by atoms with Crippen LogP contribution in [-0.2, 0) is 13.1 Å². The molecule has 0 unspecified atom stereocenters. The number of nitrogens with two attached hydrogens (primary N) is 1. The largest absolute Gasteiger partial charge is 0.325 e. The van der Waals surface area contributed by atoms with Crippen molar-refractivity contribution in [2.45, 2.75) is 13.1 Å². The van der Waals surface area contributed by atoms with Gasteiger partial charge in [-0.05, 0) is 18.2 Å². The van der Waals surface area contributed by atoms with Crippen LogP contribution in [0.5, 0.6) is 0 Å². The Hall–Kier alpha value is -1.91. The molecule has 3 nitrogen and oxygen atoms in total. The third kappa shape index (κ3) is 2.28. The summed E-state index contributed by atoms with van der Waals surface area (Å²) < 4.78 is 15.6. The molecule has 2 N–H and O–H groups in total. The van der Waals surface area contributed by atoms with Gasteiger partial charge < -0.3 is 5.73 Å². The standard InChI is InChI=1S/C15H13ClFN3/c16-11-6-5-10(13(17)7-11)9-20-15-4-2-1-3-12(15)14(8-18)19-20/h1-7H,8-9,18H2. The van der Waals surface area contributed by atoms with Gasteiger partial charge in [-0.3, -0.25) is 4.68 Å². The predicted octanol–water partition coefficient (Wildman–Crippen LogP) is 3.34. The average molecular weight is 290 g/mol. The lowest BCUT2D eigenvalue weighted by Crippen LogP contribution is -2.05. The summed E-state index contributed by atoms with van der Waals surface area (Å²) in [5, 5.41) is 5.85. The first-order valence-corrected chi connectivity index (χ1v) is 6.65. The normalized spacial score (nSPS) is 11.2. The quantitative estimate of drug-likeness (QED) is 0.804. The summed E-state index contributed by atoms with van der Waals surface area (Å²) in [6.07, 6.45) is 0. The minimum Gasteiger partial charge on any atom is -0.325 e. The van der Waals surface area contributed by atoms with Gasteiger partial charge in [-0.1, -0.05) is 35.9 Å². The molecule has 0 radical (unpaired) electrons. The molecule has 2 aromatic carbocycles. The molecule has 0 fully saturated rings. The number of halogens is 2. The molecular formula is C15H13ClFN3. The van der Waals surface area contributed by atoms with Crippen LogP contribution in [0.2, 0.25) is 5.02 Å². The van der Waals surface area contributed by atoms with Gasteiger partial charge in [0.05, 0.1) is 17.8 Å². The van der Waals surface area contributed by atoms with Crippen LogP contribution in [0.1, 0.15) is 11.3 Å². The minimum atomic E-state index is -0.327. The summed E-state index contributed by atoms with van der Waals surface area (Å²) in [5.74, 6) is -0.327. The Morgan fingerprint density at radius 2 is 2.00 bits per heavy atom. The molecule has 20 heavy (non-hydrogen) atoms. The van der Waals surface area contributed by atoms with Gasteiger partial charge in [0.1, 0.15) is 5.82 Å². The fourth-order valence-electron chi connectivity index (χ4n) is 2.28. The van der Waals surface area contributed by atoms with Gasteiger partial charge >= 0.3 is 0 Å². The van der Waals surface area contributed by atoms with Crippen LogP contribution in [-0.4, -0.2) is 9.78 Å². The Morgan fingerprint density at radius 1 is 1.20 bits per heavy atom. The summed E-state index contributed by atoms with van der Waals surface area (Å²) in [7, 11) is 0. The summed E-state index contributed by atoms with van der Waals surface area (Å²) in [4.78, 5) is 0. The third-order valence-corrected chi connectivity index (χ3v) is 3.50. The second kappa shape index (κ2) is 5.23. The Balaban J connectivity index is 2.06. The topological polar surface area (TPSA) is 43.8 Å². The first kappa shape index (κ1) is 13.1. The molecule has 0 aliphatic rings. The lowest BCUT2D eigenvalue weighted by atomic mass is 10.2. The minimum absolute atomic E-state index is 0.327. The van der Waals surface area contributed by atoms with E-state index >= 15 is 0 Å². The molecule has 0 bridgehead atoms. The highest BCUT2D eigenvalue weighted by Gasteiger charge is 2.11. The molecule has 1 aromatic heterocycles. The van der Waals surface area contributed by atoms with Crippen LogP contribution in [0.25, 0.3) is 10.9 Å². The molecule has 1 heterocycles. The average Bonchev–Trinajstić information content (AvgIpc) is 2.80. The Morgan fingerprint density at radius 3 is 2.75 bits per heavy atom. The lowest BCUT2D eigenvalue weighted by Gasteiger charge is -2.05. The molecule has 3 rings (SSSR count). The maximum Gasteiger partial charge on any atom is 0.129 e. The molecule has 0 saturated carbocycles. The number of fused-ring (bicyclic) bond motifs is 1. The molecule has 3 aromatic rings. The number of hydrogen-bond donors (Lipinski definition) is 1. The molecule has 0 aliphatic heterocycles. The van der Waals surface area contributed by atoms with E-state index in [2.05, 4.69) is 5.10 Å².